The van der Waals surface area contributed by atoms with E-state index in [-0.39, 0.29) is 0 Å². The fourth-order valence-electron chi connectivity index (χ4n) is 2.17. The number of hydrogen-bond acceptors (Lipinski definition) is 5. The van der Waals surface area contributed by atoms with Crippen LogP contribution < -0.4 is 10.6 Å². The van der Waals surface area contributed by atoms with E-state index in [2.05, 4.69) is 42.6 Å². The molecule has 0 saturated carbocycles. The number of nitrogens with zero attached hydrogens (tertiary/aromatic N) is 3. The number of anilines is 4. The Morgan fingerprint density at radius 2 is 1.62 bits per heavy atom. The number of para-hydroxylation sites is 1. The quantitative estimate of drug-likeness (QED) is 0.673. The molecule has 0 saturated heterocycles. The largest absolute Gasteiger partial charge is 0.340 e. The molecule has 5 nitrogen and oxygen atoms in total. The first-order valence-corrected chi connectivity index (χ1v) is 8.08. The van der Waals surface area contributed by atoms with Crippen LogP contribution in [0.2, 0.25) is 0 Å². The zero-order valence-corrected chi connectivity index (χ0v) is 14.5. The van der Waals surface area contributed by atoms with E-state index in [1.54, 1.807) is 12.1 Å². The fourth-order valence-corrected chi connectivity index (χ4v) is 2.56. The van der Waals surface area contributed by atoms with Crippen molar-refractivity contribution in [2.45, 2.75) is 6.92 Å². The molecular weight excluding hydrogens is 366 g/mol. The molecule has 3 rings (SSSR count). The van der Waals surface area contributed by atoms with Crippen LogP contribution in [0, 0.1) is 18.3 Å². The molecule has 0 aliphatic heterocycles. The summed E-state index contributed by atoms with van der Waals surface area (Å²) in [4.78, 5) is 8.81. The fraction of sp³-hybridized carbons (Fsp3) is 0.0556. The molecule has 0 bridgehead atoms. The van der Waals surface area contributed by atoms with Gasteiger partial charge in [-0.3, -0.25) is 0 Å². The van der Waals surface area contributed by atoms with Gasteiger partial charge in [-0.2, -0.15) is 5.26 Å². The zero-order chi connectivity index (χ0) is 16.9. The second kappa shape index (κ2) is 7.11. The Hall–Kier alpha value is -2.91. The number of aromatic nitrogens is 2. The summed E-state index contributed by atoms with van der Waals surface area (Å²) >= 11 is 3.51. The molecule has 0 aliphatic rings. The molecule has 0 unspecified atom stereocenters. The van der Waals surface area contributed by atoms with Gasteiger partial charge in [-0.15, -0.1) is 0 Å². The average Bonchev–Trinajstić information content (AvgIpc) is 2.57. The Kier molecular flexibility index (Phi) is 4.73. The minimum Gasteiger partial charge on any atom is -0.340 e. The zero-order valence-electron chi connectivity index (χ0n) is 12.9. The first kappa shape index (κ1) is 16.0. The van der Waals surface area contributed by atoms with Crippen molar-refractivity contribution in [2.24, 2.45) is 0 Å². The normalized spacial score (nSPS) is 10.0. The summed E-state index contributed by atoms with van der Waals surface area (Å²) in [6.07, 6.45) is 0. The average molecular weight is 380 g/mol. The van der Waals surface area contributed by atoms with E-state index in [0.717, 1.165) is 15.8 Å². The predicted octanol–water partition coefficient (Wildman–Crippen LogP) is 4.91. The second-order valence-corrected chi connectivity index (χ2v) is 5.96. The highest BCUT2D eigenvalue weighted by Crippen LogP contribution is 2.26. The molecule has 1 aromatic heterocycles. The molecule has 2 N–H and O–H groups in total. The van der Waals surface area contributed by atoms with E-state index < -0.39 is 0 Å². The van der Waals surface area contributed by atoms with Crippen LogP contribution in [-0.4, -0.2) is 9.97 Å². The Morgan fingerprint density at radius 1 is 0.958 bits per heavy atom. The predicted molar refractivity (Wildman–Crippen MR) is 98.6 cm³/mol. The maximum atomic E-state index is 8.85. The van der Waals surface area contributed by atoms with Crippen LogP contribution in [0.15, 0.2) is 59.1 Å². The Morgan fingerprint density at radius 3 is 2.29 bits per heavy atom. The molecule has 2 aromatic carbocycles. The molecule has 1 heterocycles. The maximum Gasteiger partial charge on any atom is 0.136 e. The van der Waals surface area contributed by atoms with E-state index in [1.807, 2.05) is 49.4 Å². The maximum absolute atomic E-state index is 8.85. The highest BCUT2D eigenvalue weighted by atomic mass is 79.9. The summed E-state index contributed by atoms with van der Waals surface area (Å²) in [5, 5.41) is 15.4. The standard InChI is InChI=1S/C18H14BrN5/c1-12-21-17(23-14-8-6-13(11-20)7-9-14)10-18(22-12)24-16-5-3-2-4-15(16)19/h2-10H,1H3,(H2,21,22,23,24). The van der Waals surface area contributed by atoms with Gasteiger partial charge in [0.2, 0.25) is 0 Å². The lowest BCUT2D eigenvalue weighted by Crippen LogP contribution is -2.01. The molecule has 0 aliphatic carbocycles. The number of hydrogen-bond donors (Lipinski definition) is 2. The van der Waals surface area contributed by atoms with E-state index >= 15 is 0 Å². The second-order valence-electron chi connectivity index (χ2n) is 5.10. The molecule has 3 aromatic rings. The van der Waals surface area contributed by atoms with E-state index in [1.165, 1.54) is 0 Å². The van der Waals surface area contributed by atoms with E-state index in [4.69, 9.17) is 5.26 Å². The van der Waals surface area contributed by atoms with Crippen molar-refractivity contribution < 1.29 is 0 Å². The van der Waals surface area contributed by atoms with Gasteiger partial charge in [0, 0.05) is 16.2 Å². The summed E-state index contributed by atoms with van der Waals surface area (Å²) in [5.41, 5.74) is 2.41. The van der Waals surface area contributed by atoms with Crippen molar-refractivity contribution in [2.75, 3.05) is 10.6 Å². The molecule has 0 fully saturated rings. The van der Waals surface area contributed by atoms with Crippen LogP contribution in [0.25, 0.3) is 0 Å². The van der Waals surface area contributed by atoms with Gasteiger partial charge < -0.3 is 10.6 Å². The Bertz CT molecular complexity index is 900. The lowest BCUT2D eigenvalue weighted by Gasteiger charge is -2.11. The number of aryl methyl sites for hydroxylation is 1. The minimum atomic E-state index is 0.621. The molecule has 0 atom stereocenters. The minimum absolute atomic E-state index is 0.621. The van der Waals surface area contributed by atoms with Crippen molar-refractivity contribution in [3.8, 4) is 6.07 Å². The summed E-state index contributed by atoms with van der Waals surface area (Å²) in [6, 6.07) is 19.0. The third-order valence-corrected chi connectivity index (χ3v) is 3.95. The number of rotatable bonds is 4. The monoisotopic (exact) mass is 379 g/mol. The smallest absolute Gasteiger partial charge is 0.136 e. The van der Waals surface area contributed by atoms with Crippen LogP contribution in [-0.2, 0) is 0 Å². The summed E-state index contributed by atoms with van der Waals surface area (Å²) in [7, 11) is 0. The van der Waals surface area contributed by atoms with E-state index in [9.17, 15) is 0 Å². The van der Waals surface area contributed by atoms with Crippen LogP contribution in [0.4, 0.5) is 23.0 Å². The van der Waals surface area contributed by atoms with Crippen molar-refractivity contribution in [3.63, 3.8) is 0 Å². The third kappa shape index (κ3) is 3.89. The van der Waals surface area contributed by atoms with Crippen molar-refractivity contribution in [1.82, 2.24) is 9.97 Å². The van der Waals surface area contributed by atoms with Crippen LogP contribution in [0.5, 0.6) is 0 Å². The lowest BCUT2D eigenvalue weighted by atomic mass is 10.2. The Labute approximate surface area is 148 Å². The van der Waals surface area contributed by atoms with Gasteiger partial charge in [0.25, 0.3) is 0 Å². The molecular formula is C18H14BrN5. The Balaban J connectivity index is 1.83. The van der Waals surface area contributed by atoms with Crippen LogP contribution in [0.1, 0.15) is 11.4 Å². The van der Waals surface area contributed by atoms with Gasteiger partial charge in [0.05, 0.1) is 17.3 Å². The highest BCUT2D eigenvalue weighted by Gasteiger charge is 2.05. The van der Waals surface area contributed by atoms with Crippen molar-refractivity contribution in [1.29, 1.82) is 5.26 Å². The van der Waals surface area contributed by atoms with Crippen LogP contribution in [0.3, 0.4) is 0 Å². The SMILES string of the molecule is Cc1nc(Nc2ccc(C#N)cc2)cc(Nc2ccccc2Br)n1. The van der Waals surface area contributed by atoms with Crippen LogP contribution >= 0.6 is 15.9 Å². The first-order valence-electron chi connectivity index (χ1n) is 7.28. The van der Waals surface area contributed by atoms with E-state index in [0.29, 0.717) is 23.0 Å². The van der Waals surface area contributed by atoms with Gasteiger partial charge in [-0.05, 0) is 59.3 Å². The summed E-state index contributed by atoms with van der Waals surface area (Å²) in [6.45, 7) is 1.84. The summed E-state index contributed by atoms with van der Waals surface area (Å²) in [5.74, 6) is 2.04. The molecule has 24 heavy (non-hydrogen) atoms. The highest BCUT2D eigenvalue weighted by molar-refractivity contribution is 9.10. The van der Waals surface area contributed by atoms with Gasteiger partial charge in [0.15, 0.2) is 0 Å². The molecule has 6 heteroatoms. The third-order valence-electron chi connectivity index (χ3n) is 3.26. The topological polar surface area (TPSA) is 73.6 Å². The summed E-state index contributed by atoms with van der Waals surface area (Å²) < 4.78 is 0.961. The molecule has 118 valence electrons. The van der Waals surface area contributed by atoms with Gasteiger partial charge >= 0.3 is 0 Å². The molecule has 0 spiro atoms. The number of halogens is 1. The number of nitrogens with one attached hydrogen (secondary N) is 2. The number of benzene rings is 2. The number of nitriles is 1. The van der Waals surface area contributed by atoms with Crippen molar-refractivity contribution in [3.05, 3.63) is 70.5 Å². The lowest BCUT2D eigenvalue weighted by molar-refractivity contribution is 1.06. The first-order chi connectivity index (χ1) is 11.6. The van der Waals surface area contributed by atoms with Gasteiger partial charge in [-0.1, -0.05) is 12.1 Å². The van der Waals surface area contributed by atoms with Crippen molar-refractivity contribution >= 4 is 38.9 Å². The van der Waals surface area contributed by atoms with Gasteiger partial charge in [0.1, 0.15) is 17.5 Å². The van der Waals surface area contributed by atoms with Gasteiger partial charge in [-0.25, -0.2) is 9.97 Å². The molecule has 0 radical (unpaired) electrons. The molecule has 0 amide bonds.